The molecule has 1 aromatic carbocycles. The first-order valence-corrected chi connectivity index (χ1v) is 7.69. The molecule has 0 unspecified atom stereocenters. The first-order chi connectivity index (χ1) is 10.8. The van der Waals surface area contributed by atoms with Crippen LogP contribution in [-0.2, 0) is 9.53 Å². The normalized spacial score (nSPS) is 12.0. The number of hydrogen-bond donors (Lipinski definition) is 0. The third kappa shape index (κ3) is 3.50. The van der Waals surface area contributed by atoms with Crippen molar-refractivity contribution in [3.63, 3.8) is 0 Å². The van der Waals surface area contributed by atoms with Crippen molar-refractivity contribution in [1.82, 2.24) is 9.78 Å². The van der Waals surface area contributed by atoms with Crippen LogP contribution in [0.25, 0.3) is 11.3 Å². The van der Waals surface area contributed by atoms with Crippen LogP contribution in [0, 0.1) is 20.8 Å². The first-order valence-electron chi connectivity index (χ1n) is 7.69. The van der Waals surface area contributed by atoms with Crippen LogP contribution < -0.4 is 5.56 Å². The smallest absolute Gasteiger partial charge is 0.330 e. The Bertz CT molecular complexity index is 793. The van der Waals surface area contributed by atoms with Crippen LogP contribution in [0.5, 0.6) is 0 Å². The molecule has 0 N–H and O–H groups in total. The topological polar surface area (TPSA) is 61.2 Å². The molecule has 0 amide bonds. The quantitative estimate of drug-likeness (QED) is 0.814. The Morgan fingerprint density at radius 1 is 1.17 bits per heavy atom. The van der Waals surface area contributed by atoms with Gasteiger partial charge >= 0.3 is 5.97 Å². The highest BCUT2D eigenvalue weighted by atomic mass is 16.5. The summed E-state index contributed by atoms with van der Waals surface area (Å²) in [6.07, 6.45) is 0. The molecule has 0 aliphatic carbocycles. The Morgan fingerprint density at radius 2 is 1.83 bits per heavy atom. The summed E-state index contributed by atoms with van der Waals surface area (Å²) in [5.74, 6) is -0.462. The fourth-order valence-electron chi connectivity index (χ4n) is 2.45. The third-order valence-electron chi connectivity index (χ3n) is 3.94. The number of esters is 1. The van der Waals surface area contributed by atoms with Crippen molar-refractivity contribution < 1.29 is 9.53 Å². The molecule has 0 saturated carbocycles. The minimum Gasteiger partial charge on any atom is -0.464 e. The molecule has 1 aromatic heterocycles. The molecule has 1 atom stereocenters. The summed E-state index contributed by atoms with van der Waals surface area (Å²) in [4.78, 5) is 23.9. The summed E-state index contributed by atoms with van der Waals surface area (Å²) in [5.41, 5.74) is 4.74. The summed E-state index contributed by atoms with van der Waals surface area (Å²) in [7, 11) is 0. The molecule has 0 radical (unpaired) electrons. The van der Waals surface area contributed by atoms with Gasteiger partial charge in [-0.2, -0.15) is 5.10 Å². The lowest BCUT2D eigenvalue weighted by Crippen LogP contribution is -2.31. The molecule has 2 rings (SSSR count). The summed E-state index contributed by atoms with van der Waals surface area (Å²) in [6.45, 7) is 9.72. The van der Waals surface area contributed by atoms with Crippen LogP contribution in [0.2, 0.25) is 0 Å². The lowest BCUT2D eigenvalue weighted by molar-refractivity contribution is -0.147. The van der Waals surface area contributed by atoms with E-state index in [1.807, 2.05) is 13.8 Å². The predicted octanol–water partition coefficient (Wildman–Crippen LogP) is 2.96. The average Bonchev–Trinajstić information content (AvgIpc) is 2.51. The Kier molecular flexibility index (Phi) is 4.98. The second-order valence-corrected chi connectivity index (χ2v) is 5.68. The van der Waals surface area contributed by atoms with Crippen LogP contribution in [0.1, 0.15) is 36.6 Å². The largest absolute Gasteiger partial charge is 0.464 e. The van der Waals surface area contributed by atoms with Crippen molar-refractivity contribution in [3.8, 4) is 11.3 Å². The molecule has 0 spiro atoms. The van der Waals surface area contributed by atoms with Gasteiger partial charge in [-0.25, -0.2) is 9.48 Å². The lowest BCUT2D eigenvalue weighted by Gasteiger charge is -2.15. The molecule has 0 bridgehead atoms. The number of hydrogen-bond acceptors (Lipinski definition) is 4. The average molecular weight is 314 g/mol. The summed E-state index contributed by atoms with van der Waals surface area (Å²) in [5, 5.41) is 4.38. The second-order valence-electron chi connectivity index (χ2n) is 5.68. The van der Waals surface area contributed by atoms with Crippen LogP contribution in [-0.4, -0.2) is 22.4 Å². The van der Waals surface area contributed by atoms with Crippen LogP contribution in [0.15, 0.2) is 29.1 Å². The van der Waals surface area contributed by atoms with Gasteiger partial charge < -0.3 is 4.74 Å². The zero-order valence-corrected chi connectivity index (χ0v) is 14.2. The van der Waals surface area contributed by atoms with E-state index in [1.54, 1.807) is 19.9 Å². The Hall–Kier alpha value is -2.43. The minimum absolute atomic E-state index is 0.272. The predicted molar refractivity (Wildman–Crippen MR) is 89.5 cm³/mol. The van der Waals surface area contributed by atoms with Crippen molar-refractivity contribution in [2.45, 2.75) is 40.7 Å². The van der Waals surface area contributed by atoms with Crippen molar-refractivity contribution >= 4 is 5.97 Å². The van der Waals surface area contributed by atoms with Crippen LogP contribution in [0.4, 0.5) is 0 Å². The van der Waals surface area contributed by atoms with E-state index >= 15 is 0 Å². The van der Waals surface area contributed by atoms with Gasteiger partial charge in [-0.3, -0.25) is 4.79 Å². The van der Waals surface area contributed by atoms with Crippen molar-refractivity contribution in [3.05, 3.63) is 51.3 Å². The van der Waals surface area contributed by atoms with Gasteiger partial charge in [0.05, 0.1) is 12.3 Å². The zero-order chi connectivity index (χ0) is 17.1. The molecule has 1 heterocycles. The van der Waals surface area contributed by atoms with Gasteiger partial charge in [-0.1, -0.05) is 6.07 Å². The molecule has 2 aromatic rings. The number of aromatic nitrogens is 2. The highest BCUT2D eigenvalue weighted by Gasteiger charge is 2.19. The van der Waals surface area contributed by atoms with E-state index in [1.165, 1.54) is 16.3 Å². The van der Waals surface area contributed by atoms with Gasteiger partial charge in [-0.05, 0) is 63.4 Å². The summed E-state index contributed by atoms with van der Waals surface area (Å²) < 4.78 is 6.16. The van der Waals surface area contributed by atoms with Gasteiger partial charge in [0.25, 0.3) is 5.56 Å². The Morgan fingerprint density at radius 3 is 2.48 bits per heavy atom. The number of carbonyl (C=O) groups excluding carboxylic acids is 1. The van der Waals surface area contributed by atoms with Gasteiger partial charge in [0.1, 0.15) is 0 Å². The molecular formula is C18H22N2O3. The van der Waals surface area contributed by atoms with E-state index in [0.29, 0.717) is 5.69 Å². The molecular weight excluding hydrogens is 292 g/mol. The summed E-state index contributed by atoms with van der Waals surface area (Å²) in [6, 6.07) is 6.52. The number of rotatable bonds is 4. The third-order valence-corrected chi connectivity index (χ3v) is 3.94. The van der Waals surface area contributed by atoms with E-state index in [2.05, 4.69) is 24.2 Å². The van der Waals surface area contributed by atoms with Gasteiger partial charge in [0.2, 0.25) is 0 Å². The first kappa shape index (κ1) is 16.9. The van der Waals surface area contributed by atoms with Gasteiger partial charge in [0, 0.05) is 11.6 Å². The molecule has 122 valence electrons. The lowest BCUT2D eigenvalue weighted by atomic mass is 9.99. The SMILES string of the molecule is CCOC(=O)[C@H](C)n1nc(-c2cc(C)c(C)cc2C)ccc1=O. The van der Waals surface area contributed by atoms with Crippen molar-refractivity contribution in [2.75, 3.05) is 6.61 Å². The monoisotopic (exact) mass is 314 g/mol. The molecule has 0 saturated heterocycles. The highest BCUT2D eigenvalue weighted by molar-refractivity contribution is 5.73. The summed E-state index contributed by atoms with van der Waals surface area (Å²) >= 11 is 0. The van der Waals surface area contributed by atoms with E-state index in [0.717, 1.165) is 16.7 Å². The van der Waals surface area contributed by atoms with E-state index in [9.17, 15) is 9.59 Å². The maximum atomic E-state index is 12.1. The maximum Gasteiger partial charge on any atom is 0.330 e. The van der Waals surface area contributed by atoms with Crippen molar-refractivity contribution in [1.29, 1.82) is 0 Å². The standard InChI is InChI=1S/C18H22N2O3/c1-6-23-18(22)14(5)20-17(21)8-7-16(19-20)15-10-12(3)11(2)9-13(15)4/h7-10,14H,6H2,1-5H3/t14-/m0/s1. The molecule has 0 fully saturated rings. The van der Waals surface area contributed by atoms with E-state index in [4.69, 9.17) is 4.74 Å². The molecule has 23 heavy (non-hydrogen) atoms. The molecule has 0 aliphatic heterocycles. The Balaban J connectivity index is 2.51. The molecule has 0 aliphatic rings. The Labute approximate surface area is 135 Å². The number of benzene rings is 1. The molecule has 5 heteroatoms. The fraction of sp³-hybridized carbons (Fsp3) is 0.389. The second kappa shape index (κ2) is 6.77. The fourth-order valence-corrected chi connectivity index (χ4v) is 2.45. The number of aryl methyl sites for hydroxylation is 3. The van der Waals surface area contributed by atoms with E-state index in [-0.39, 0.29) is 12.2 Å². The van der Waals surface area contributed by atoms with E-state index < -0.39 is 12.0 Å². The highest BCUT2D eigenvalue weighted by Crippen LogP contribution is 2.24. The van der Waals surface area contributed by atoms with Crippen LogP contribution in [0.3, 0.4) is 0 Å². The number of carbonyl (C=O) groups is 1. The minimum atomic E-state index is -0.755. The number of ether oxygens (including phenoxy) is 1. The van der Waals surface area contributed by atoms with Crippen molar-refractivity contribution in [2.24, 2.45) is 0 Å². The number of nitrogens with zero attached hydrogens (tertiary/aromatic N) is 2. The zero-order valence-electron chi connectivity index (χ0n) is 14.2. The maximum absolute atomic E-state index is 12.1. The van der Waals surface area contributed by atoms with Crippen LogP contribution >= 0.6 is 0 Å². The van der Waals surface area contributed by atoms with Gasteiger partial charge in [0.15, 0.2) is 6.04 Å². The van der Waals surface area contributed by atoms with Gasteiger partial charge in [-0.15, -0.1) is 0 Å². The molecule has 5 nitrogen and oxygen atoms in total.